The summed E-state index contributed by atoms with van der Waals surface area (Å²) in [6, 6.07) is 0. The molecule has 0 aliphatic rings. The van der Waals surface area contributed by atoms with Crippen molar-refractivity contribution in [1.82, 2.24) is 0 Å². The van der Waals surface area contributed by atoms with Crippen LogP contribution < -0.4 is 0 Å². The number of rotatable bonds is 10. The number of aldehydes is 2. The summed E-state index contributed by atoms with van der Waals surface area (Å²) >= 11 is 0. The highest BCUT2D eigenvalue weighted by molar-refractivity contribution is 5.77. The highest BCUT2D eigenvalue weighted by atomic mass is 16.6. The number of carbonyl (C=O) groups is 3. The highest BCUT2D eigenvalue weighted by Crippen LogP contribution is 2.09. The topological polar surface area (TPSA) is 202 Å². The van der Waals surface area contributed by atoms with E-state index >= 15 is 0 Å². The Bertz CT molecular complexity index is 373. The number of hydrogen-bond donors (Lipinski definition) is 7. The maximum atomic E-state index is 11.5. The van der Waals surface area contributed by atoms with Crippen LogP contribution in [0.15, 0.2) is 0 Å². The van der Waals surface area contributed by atoms with Gasteiger partial charge in [0.25, 0.3) is 0 Å². The summed E-state index contributed by atoms with van der Waals surface area (Å²) in [5.41, 5.74) is 0. The second-order valence-electron chi connectivity index (χ2n) is 4.33. The first-order chi connectivity index (χ1) is 10.2. The van der Waals surface area contributed by atoms with Crippen molar-refractivity contribution in [3.8, 4) is 0 Å². The quantitative estimate of drug-likeness (QED) is 0.149. The van der Waals surface area contributed by atoms with Gasteiger partial charge in [0.15, 0.2) is 24.8 Å². The molecule has 0 bridgehead atoms. The Morgan fingerprint density at radius 3 is 1.86 bits per heavy atom. The summed E-state index contributed by atoms with van der Waals surface area (Å²) in [4.78, 5) is 32.3. The molecule has 22 heavy (non-hydrogen) atoms. The molecule has 0 fully saturated rings. The largest absolute Gasteiger partial charge is 0.450 e. The van der Waals surface area contributed by atoms with Crippen LogP contribution in [-0.4, -0.2) is 104 Å². The molecule has 0 aromatic heterocycles. The second kappa shape index (κ2) is 9.53. The van der Waals surface area contributed by atoms with Gasteiger partial charge >= 0.3 is 5.97 Å². The average molecular weight is 326 g/mol. The summed E-state index contributed by atoms with van der Waals surface area (Å²) in [5, 5.41) is 64.1. The Morgan fingerprint density at radius 1 is 0.909 bits per heavy atom. The number of hydrogen-bond acceptors (Lipinski definition) is 11. The Kier molecular flexibility index (Phi) is 8.89. The van der Waals surface area contributed by atoms with E-state index in [2.05, 4.69) is 4.74 Å². The molecular weight excluding hydrogens is 308 g/mol. The van der Waals surface area contributed by atoms with Crippen LogP contribution in [0.3, 0.4) is 0 Å². The van der Waals surface area contributed by atoms with Gasteiger partial charge in [-0.3, -0.25) is 4.79 Å². The Labute approximate surface area is 124 Å². The average Bonchev–Trinajstić information content (AvgIpc) is 2.54. The lowest BCUT2D eigenvalue weighted by atomic mass is 10.0. The standard InChI is InChI=1S/C11H18O11/c12-1-4(15)7(17)6(3-14)22-11(21)10(20)9(19)8(18)5(16)2-13/h2-10,12,15-20H,1H2/t4-,5?,6-,7-,8?,9?,10?/m1/s1. The molecule has 0 heterocycles. The van der Waals surface area contributed by atoms with Crippen LogP contribution in [0, 0.1) is 0 Å². The molecule has 7 atom stereocenters. The van der Waals surface area contributed by atoms with Crippen LogP contribution in [0.5, 0.6) is 0 Å². The minimum Gasteiger partial charge on any atom is -0.450 e. The fourth-order valence-electron chi connectivity index (χ4n) is 1.32. The van der Waals surface area contributed by atoms with Gasteiger partial charge in [-0.05, 0) is 0 Å². The molecule has 4 unspecified atom stereocenters. The fourth-order valence-corrected chi connectivity index (χ4v) is 1.32. The van der Waals surface area contributed by atoms with E-state index in [0.717, 1.165) is 0 Å². The molecule has 0 aromatic carbocycles. The second-order valence-corrected chi connectivity index (χ2v) is 4.33. The first kappa shape index (κ1) is 20.5. The van der Waals surface area contributed by atoms with Gasteiger partial charge in [-0.25, -0.2) is 4.79 Å². The van der Waals surface area contributed by atoms with Crippen LogP contribution >= 0.6 is 0 Å². The Morgan fingerprint density at radius 2 is 1.45 bits per heavy atom. The van der Waals surface area contributed by atoms with Crippen LogP contribution in [-0.2, 0) is 19.1 Å². The van der Waals surface area contributed by atoms with Crippen molar-refractivity contribution in [2.75, 3.05) is 6.61 Å². The van der Waals surface area contributed by atoms with E-state index in [1.165, 1.54) is 0 Å². The molecule has 0 radical (unpaired) electrons. The first-order valence-electron chi connectivity index (χ1n) is 6.01. The smallest absolute Gasteiger partial charge is 0.338 e. The van der Waals surface area contributed by atoms with E-state index < -0.39 is 55.3 Å². The first-order valence-corrected chi connectivity index (χ1v) is 6.01. The van der Waals surface area contributed by atoms with Gasteiger partial charge in [-0.15, -0.1) is 0 Å². The van der Waals surface area contributed by atoms with E-state index in [1.54, 1.807) is 0 Å². The molecule has 0 rings (SSSR count). The van der Waals surface area contributed by atoms with Crippen LogP contribution in [0.2, 0.25) is 0 Å². The molecule has 0 amide bonds. The maximum Gasteiger partial charge on any atom is 0.338 e. The van der Waals surface area contributed by atoms with Gasteiger partial charge in [0.2, 0.25) is 0 Å². The Hall–Kier alpha value is -1.47. The molecule has 0 saturated heterocycles. The van der Waals surface area contributed by atoms with Crippen molar-refractivity contribution in [2.45, 2.75) is 42.7 Å². The van der Waals surface area contributed by atoms with Crippen molar-refractivity contribution < 1.29 is 54.9 Å². The molecule has 0 aliphatic carbocycles. The normalized spacial score (nSPS) is 20.9. The summed E-state index contributed by atoms with van der Waals surface area (Å²) in [5.74, 6) is -1.68. The predicted molar refractivity (Wildman–Crippen MR) is 65.1 cm³/mol. The lowest BCUT2D eigenvalue weighted by Gasteiger charge is -2.26. The predicted octanol–water partition coefficient (Wildman–Crippen LogP) is -5.55. The number of ether oxygens (including phenoxy) is 1. The van der Waals surface area contributed by atoms with Gasteiger partial charge in [0.05, 0.1) is 6.61 Å². The van der Waals surface area contributed by atoms with E-state index in [0.29, 0.717) is 0 Å². The molecule has 11 heteroatoms. The zero-order valence-electron chi connectivity index (χ0n) is 11.2. The highest BCUT2D eigenvalue weighted by Gasteiger charge is 2.38. The lowest BCUT2D eigenvalue weighted by molar-refractivity contribution is -0.183. The van der Waals surface area contributed by atoms with E-state index in [9.17, 15) is 34.8 Å². The molecule has 0 spiro atoms. The maximum absolute atomic E-state index is 11.5. The number of aliphatic hydroxyl groups excluding tert-OH is 7. The fraction of sp³-hybridized carbons (Fsp3) is 0.727. The van der Waals surface area contributed by atoms with Crippen molar-refractivity contribution in [1.29, 1.82) is 0 Å². The van der Waals surface area contributed by atoms with Crippen molar-refractivity contribution in [3.63, 3.8) is 0 Å². The van der Waals surface area contributed by atoms with E-state index in [4.69, 9.17) is 15.3 Å². The van der Waals surface area contributed by atoms with Crippen LogP contribution in [0.25, 0.3) is 0 Å². The minimum absolute atomic E-state index is 0.1000. The van der Waals surface area contributed by atoms with E-state index in [1.807, 2.05) is 0 Å². The van der Waals surface area contributed by atoms with Gasteiger partial charge in [0.1, 0.15) is 30.5 Å². The third kappa shape index (κ3) is 5.38. The number of carbonyl (C=O) groups excluding carboxylic acids is 3. The van der Waals surface area contributed by atoms with Gasteiger partial charge in [0, 0.05) is 0 Å². The molecule has 0 saturated carbocycles. The molecule has 0 aliphatic heterocycles. The molecule has 7 N–H and O–H groups in total. The minimum atomic E-state index is -2.45. The monoisotopic (exact) mass is 326 g/mol. The summed E-state index contributed by atoms with van der Waals surface area (Å²) in [6.45, 7) is -0.946. The third-order valence-corrected chi connectivity index (χ3v) is 2.71. The zero-order valence-corrected chi connectivity index (χ0v) is 11.2. The van der Waals surface area contributed by atoms with Gasteiger partial charge < -0.3 is 45.3 Å². The number of aliphatic hydroxyl groups is 7. The van der Waals surface area contributed by atoms with Gasteiger partial charge in [-0.2, -0.15) is 0 Å². The SMILES string of the molecule is O=CC(O)C(O)C(O)C(O)C(=O)O[C@H](C=O)[C@H](O)[C@H](O)CO. The van der Waals surface area contributed by atoms with Crippen LogP contribution in [0.4, 0.5) is 0 Å². The molecule has 128 valence electrons. The summed E-state index contributed by atoms with van der Waals surface area (Å²) < 4.78 is 4.31. The summed E-state index contributed by atoms with van der Waals surface area (Å²) in [7, 11) is 0. The van der Waals surface area contributed by atoms with Crippen molar-refractivity contribution >= 4 is 18.5 Å². The third-order valence-electron chi connectivity index (χ3n) is 2.71. The van der Waals surface area contributed by atoms with Crippen LogP contribution in [0.1, 0.15) is 0 Å². The van der Waals surface area contributed by atoms with Crippen molar-refractivity contribution in [3.05, 3.63) is 0 Å². The lowest BCUT2D eigenvalue weighted by Crippen LogP contribution is -2.51. The van der Waals surface area contributed by atoms with Crippen molar-refractivity contribution in [2.24, 2.45) is 0 Å². The van der Waals surface area contributed by atoms with Gasteiger partial charge in [-0.1, -0.05) is 0 Å². The molecule has 0 aromatic rings. The number of esters is 1. The molecular formula is C11H18O11. The molecule has 11 nitrogen and oxygen atoms in total. The summed E-state index contributed by atoms with van der Waals surface area (Å²) in [6.07, 6.45) is -15.1. The zero-order chi connectivity index (χ0) is 17.4. The van der Waals surface area contributed by atoms with E-state index in [-0.39, 0.29) is 12.6 Å². The Balaban J connectivity index is 4.81.